The van der Waals surface area contributed by atoms with Crippen LogP contribution in [0.3, 0.4) is 0 Å². The Morgan fingerprint density at radius 1 is 1.20 bits per heavy atom. The number of benzene rings is 1. The average molecular weight is 278 g/mol. The molecular formula is C14H18N2O4. The smallest absolute Gasteiger partial charge is 0.251 e. The molecule has 1 aromatic rings. The predicted octanol–water partition coefficient (Wildman–Crippen LogP) is 0.736. The number of carbonyl (C=O) groups excluding carboxylic acids is 2. The summed E-state index contributed by atoms with van der Waals surface area (Å²) in [5.74, 6) is 0.350. The topological polar surface area (TPSA) is 76.7 Å². The van der Waals surface area contributed by atoms with Crippen molar-refractivity contribution in [2.45, 2.75) is 0 Å². The maximum Gasteiger partial charge on any atom is 0.251 e. The Hall–Kier alpha value is -2.50. The van der Waals surface area contributed by atoms with Crippen molar-refractivity contribution in [3.8, 4) is 11.5 Å². The van der Waals surface area contributed by atoms with Crippen molar-refractivity contribution in [3.05, 3.63) is 36.4 Å². The Morgan fingerprint density at radius 3 is 2.50 bits per heavy atom. The molecule has 0 atom stereocenters. The van der Waals surface area contributed by atoms with Gasteiger partial charge in [0.2, 0.25) is 5.91 Å². The molecule has 0 aliphatic heterocycles. The number of ether oxygens (including phenoxy) is 2. The summed E-state index contributed by atoms with van der Waals surface area (Å²) in [5.41, 5.74) is 0.388. The molecule has 0 aliphatic rings. The van der Waals surface area contributed by atoms with E-state index >= 15 is 0 Å². The lowest BCUT2D eigenvalue weighted by atomic mass is 10.2. The third-order valence-electron chi connectivity index (χ3n) is 2.50. The monoisotopic (exact) mass is 278 g/mol. The zero-order valence-electron chi connectivity index (χ0n) is 11.6. The highest BCUT2D eigenvalue weighted by molar-refractivity contribution is 5.97. The van der Waals surface area contributed by atoms with Gasteiger partial charge in [0.25, 0.3) is 5.91 Å². The maximum absolute atomic E-state index is 11.9. The summed E-state index contributed by atoms with van der Waals surface area (Å²) in [4.78, 5) is 23.2. The molecule has 0 bridgehead atoms. The summed E-state index contributed by atoms with van der Waals surface area (Å²) in [5, 5.41) is 5.08. The quantitative estimate of drug-likeness (QED) is 0.721. The van der Waals surface area contributed by atoms with E-state index in [-0.39, 0.29) is 18.4 Å². The number of hydrogen-bond acceptors (Lipinski definition) is 4. The second-order valence-electron chi connectivity index (χ2n) is 3.85. The number of hydrogen-bond donors (Lipinski definition) is 2. The fourth-order valence-corrected chi connectivity index (χ4v) is 1.49. The van der Waals surface area contributed by atoms with E-state index in [9.17, 15) is 9.59 Å². The molecule has 2 N–H and O–H groups in total. The minimum atomic E-state index is -0.361. The number of carbonyl (C=O) groups is 2. The van der Waals surface area contributed by atoms with Crippen molar-refractivity contribution in [2.24, 2.45) is 0 Å². The van der Waals surface area contributed by atoms with Crippen LogP contribution in [0.2, 0.25) is 0 Å². The molecule has 0 aromatic heterocycles. The largest absolute Gasteiger partial charge is 0.493 e. The minimum absolute atomic E-state index is 0.0962. The van der Waals surface area contributed by atoms with Crippen LogP contribution in [0.4, 0.5) is 0 Å². The van der Waals surface area contributed by atoms with E-state index in [0.29, 0.717) is 23.6 Å². The molecule has 20 heavy (non-hydrogen) atoms. The molecule has 0 heterocycles. The van der Waals surface area contributed by atoms with Gasteiger partial charge in [0.1, 0.15) is 0 Å². The van der Waals surface area contributed by atoms with E-state index in [1.54, 1.807) is 24.3 Å². The Labute approximate surface area is 117 Å². The lowest BCUT2D eigenvalue weighted by molar-refractivity contribution is -0.119. The van der Waals surface area contributed by atoms with Gasteiger partial charge in [-0.05, 0) is 18.2 Å². The van der Waals surface area contributed by atoms with Crippen LogP contribution in [0.1, 0.15) is 10.4 Å². The van der Waals surface area contributed by atoms with Gasteiger partial charge in [-0.15, -0.1) is 6.58 Å². The fraction of sp³-hybridized carbons (Fsp3) is 0.286. The van der Waals surface area contributed by atoms with Gasteiger partial charge in [-0.3, -0.25) is 9.59 Å². The van der Waals surface area contributed by atoms with Crippen LogP contribution in [0.25, 0.3) is 0 Å². The summed E-state index contributed by atoms with van der Waals surface area (Å²) in [6.07, 6.45) is 1.56. The van der Waals surface area contributed by atoms with Crippen molar-refractivity contribution in [2.75, 3.05) is 27.3 Å². The summed E-state index contributed by atoms with van der Waals surface area (Å²) in [6, 6.07) is 4.78. The number of methoxy groups -OCH3 is 2. The third-order valence-corrected chi connectivity index (χ3v) is 2.50. The molecule has 0 fully saturated rings. The van der Waals surface area contributed by atoms with Gasteiger partial charge in [0.05, 0.1) is 20.8 Å². The minimum Gasteiger partial charge on any atom is -0.493 e. The zero-order chi connectivity index (χ0) is 15.0. The molecule has 0 spiro atoms. The van der Waals surface area contributed by atoms with Crippen molar-refractivity contribution in [3.63, 3.8) is 0 Å². The van der Waals surface area contributed by atoms with Gasteiger partial charge >= 0.3 is 0 Å². The number of amides is 2. The summed E-state index contributed by atoms with van der Waals surface area (Å²) in [6.45, 7) is 3.75. The molecule has 0 saturated carbocycles. The molecule has 6 nitrogen and oxygen atoms in total. The SMILES string of the molecule is C=CCNC(=O)CNC(=O)c1ccc(OC)c(OC)c1. The highest BCUT2D eigenvalue weighted by Gasteiger charge is 2.11. The van der Waals surface area contributed by atoms with Gasteiger partial charge in [0.15, 0.2) is 11.5 Å². The van der Waals surface area contributed by atoms with Crippen LogP contribution in [0.5, 0.6) is 11.5 Å². The van der Waals surface area contributed by atoms with Crippen molar-refractivity contribution >= 4 is 11.8 Å². The predicted molar refractivity (Wildman–Crippen MR) is 75.1 cm³/mol. The first kappa shape index (κ1) is 15.6. The molecule has 0 radical (unpaired) electrons. The fourth-order valence-electron chi connectivity index (χ4n) is 1.49. The lowest BCUT2D eigenvalue weighted by Gasteiger charge is -2.10. The van der Waals surface area contributed by atoms with Crippen molar-refractivity contribution in [1.29, 1.82) is 0 Å². The summed E-state index contributed by atoms with van der Waals surface area (Å²) in [7, 11) is 3.00. The van der Waals surface area contributed by atoms with Gasteiger partial charge in [-0.2, -0.15) is 0 Å². The van der Waals surface area contributed by atoms with Crippen molar-refractivity contribution in [1.82, 2.24) is 10.6 Å². The Balaban J connectivity index is 2.63. The maximum atomic E-state index is 11.9. The first-order valence-corrected chi connectivity index (χ1v) is 6.00. The van der Waals surface area contributed by atoms with E-state index in [0.717, 1.165) is 0 Å². The molecule has 0 saturated heterocycles. The first-order chi connectivity index (χ1) is 9.62. The second-order valence-corrected chi connectivity index (χ2v) is 3.85. The van der Waals surface area contributed by atoms with Crippen LogP contribution < -0.4 is 20.1 Å². The Bertz CT molecular complexity index is 500. The highest BCUT2D eigenvalue weighted by atomic mass is 16.5. The Kier molecular flexibility index (Phi) is 6.09. The van der Waals surface area contributed by atoms with Gasteiger partial charge in [0, 0.05) is 12.1 Å². The standard InChI is InChI=1S/C14H18N2O4/c1-4-7-15-13(17)9-16-14(18)10-5-6-11(19-2)12(8-10)20-3/h4-6,8H,1,7,9H2,2-3H3,(H,15,17)(H,16,18). The zero-order valence-corrected chi connectivity index (χ0v) is 11.6. The van der Waals surface area contributed by atoms with E-state index in [4.69, 9.17) is 9.47 Å². The number of nitrogens with one attached hydrogen (secondary N) is 2. The number of rotatable bonds is 7. The molecule has 0 unspecified atom stereocenters. The second kappa shape index (κ2) is 7.83. The van der Waals surface area contributed by atoms with Crippen LogP contribution >= 0.6 is 0 Å². The molecular weight excluding hydrogens is 260 g/mol. The van der Waals surface area contributed by atoms with Gasteiger partial charge in [-0.1, -0.05) is 6.08 Å². The molecule has 6 heteroatoms. The van der Waals surface area contributed by atoms with Crippen LogP contribution in [-0.2, 0) is 4.79 Å². The van der Waals surface area contributed by atoms with E-state index < -0.39 is 0 Å². The average Bonchev–Trinajstić information content (AvgIpc) is 2.49. The molecule has 2 amide bonds. The molecule has 0 aliphatic carbocycles. The van der Waals surface area contributed by atoms with Gasteiger partial charge in [-0.25, -0.2) is 0 Å². The third kappa shape index (κ3) is 4.31. The summed E-state index contributed by atoms with van der Waals surface area (Å²) < 4.78 is 10.2. The van der Waals surface area contributed by atoms with Crippen LogP contribution in [0, 0.1) is 0 Å². The van der Waals surface area contributed by atoms with Gasteiger partial charge < -0.3 is 20.1 Å². The Morgan fingerprint density at radius 2 is 1.90 bits per heavy atom. The molecule has 1 rings (SSSR count). The van der Waals surface area contributed by atoms with Crippen LogP contribution in [0.15, 0.2) is 30.9 Å². The summed E-state index contributed by atoms with van der Waals surface area (Å²) >= 11 is 0. The van der Waals surface area contributed by atoms with Crippen molar-refractivity contribution < 1.29 is 19.1 Å². The van der Waals surface area contributed by atoms with E-state index in [1.807, 2.05) is 0 Å². The van der Waals surface area contributed by atoms with E-state index in [1.165, 1.54) is 14.2 Å². The normalized spacial score (nSPS) is 9.50. The highest BCUT2D eigenvalue weighted by Crippen LogP contribution is 2.27. The van der Waals surface area contributed by atoms with Crippen LogP contribution in [-0.4, -0.2) is 39.1 Å². The van der Waals surface area contributed by atoms with E-state index in [2.05, 4.69) is 17.2 Å². The lowest BCUT2D eigenvalue weighted by Crippen LogP contribution is -2.36. The molecule has 108 valence electrons. The first-order valence-electron chi connectivity index (χ1n) is 6.00. The molecule has 1 aromatic carbocycles.